The van der Waals surface area contributed by atoms with Crippen LogP contribution in [0.3, 0.4) is 0 Å². The number of carbonyl (C=O) groups excluding carboxylic acids is 1. The highest BCUT2D eigenvalue weighted by molar-refractivity contribution is 5.90. The zero-order chi connectivity index (χ0) is 19.8. The molecule has 5 N–H and O–H groups in total. The molecule has 0 radical (unpaired) electrons. The zero-order valence-corrected chi connectivity index (χ0v) is 15.9. The summed E-state index contributed by atoms with van der Waals surface area (Å²) in [6.07, 6.45) is 4.42. The molecule has 0 saturated heterocycles. The number of hydrogen-bond donors (Lipinski definition) is 5. The van der Waals surface area contributed by atoms with Crippen LogP contribution < -0.4 is 0 Å². The fraction of sp³-hybridized carbons (Fsp3) is 0.762. The lowest BCUT2D eigenvalue weighted by Crippen LogP contribution is -2.63. The topological polar surface area (TPSA) is 118 Å². The van der Waals surface area contributed by atoms with Gasteiger partial charge in [-0.05, 0) is 60.5 Å². The summed E-state index contributed by atoms with van der Waals surface area (Å²) in [5.74, 6) is -0.563. The maximum absolute atomic E-state index is 12.4. The highest BCUT2D eigenvalue weighted by Crippen LogP contribution is 2.66. The number of Topliss-reactive ketones (excluding diaryl/α,β-unsaturated/α-hetero) is 1. The van der Waals surface area contributed by atoms with Crippen molar-refractivity contribution in [3.8, 4) is 0 Å². The Hall–Kier alpha value is -1.21. The number of hydrogen-bond acceptors (Lipinski definition) is 6. The summed E-state index contributed by atoms with van der Waals surface area (Å²) < 4.78 is 0. The Bertz CT molecular complexity index is 728. The molecule has 0 aliphatic heterocycles. The van der Waals surface area contributed by atoms with Gasteiger partial charge in [0.2, 0.25) is 0 Å². The first kappa shape index (κ1) is 19.1. The van der Waals surface area contributed by atoms with Crippen molar-refractivity contribution in [3.63, 3.8) is 0 Å². The summed E-state index contributed by atoms with van der Waals surface area (Å²) in [6, 6.07) is 0. The summed E-state index contributed by atoms with van der Waals surface area (Å²) in [5, 5.41) is 52.3. The van der Waals surface area contributed by atoms with Crippen LogP contribution in [0.2, 0.25) is 0 Å². The third-order valence-electron chi connectivity index (χ3n) is 8.47. The van der Waals surface area contributed by atoms with Crippen LogP contribution in [0.25, 0.3) is 0 Å². The van der Waals surface area contributed by atoms with Crippen molar-refractivity contribution in [2.75, 3.05) is 6.61 Å². The molecule has 4 aliphatic rings. The van der Waals surface area contributed by atoms with E-state index in [0.717, 1.165) is 12.0 Å². The van der Waals surface area contributed by atoms with Gasteiger partial charge in [-0.25, -0.2) is 0 Å². The van der Waals surface area contributed by atoms with Gasteiger partial charge in [-0.15, -0.1) is 0 Å². The molecule has 0 aromatic rings. The molecule has 0 spiro atoms. The molecule has 0 aromatic carbocycles. The Balaban J connectivity index is 1.79. The average Bonchev–Trinajstić information content (AvgIpc) is 2.82. The standard InChI is InChI=1S/C21H30O6/c1-19-6-5-12(23)7-11(19)3-4-13-14-8-16(25)21(27,17(26)10-22)20(14,2)9-15(24)18(13)19/h3,7,13-16,18,22-25,27H,4-6,8-10H2,1-2H3/t13-,14-,15?,16?,18+,19-,20-,21-/m0/s1. The third kappa shape index (κ3) is 2.24. The summed E-state index contributed by atoms with van der Waals surface area (Å²) >= 11 is 0. The number of fused-ring (bicyclic) bond motifs is 5. The van der Waals surface area contributed by atoms with Gasteiger partial charge in [-0.1, -0.05) is 19.9 Å². The summed E-state index contributed by atoms with van der Waals surface area (Å²) in [4.78, 5) is 12.4. The van der Waals surface area contributed by atoms with Crippen molar-refractivity contribution < 1.29 is 30.3 Å². The molecule has 0 heterocycles. The number of carbonyl (C=O) groups is 1. The minimum atomic E-state index is -2.03. The first-order valence-electron chi connectivity index (χ1n) is 9.92. The van der Waals surface area contributed by atoms with Crippen molar-refractivity contribution in [3.05, 3.63) is 23.5 Å². The molecule has 0 aromatic heterocycles. The zero-order valence-electron chi connectivity index (χ0n) is 15.9. The van der Waals surface area contributed by atoms with E-state index in [2.05, 4.69) is 13.0 Å². The van der Waals surface area contributed by atoms with Gasteiger partial charge in [-0.3, -0.25) is 4.79 Å². The molecular formula is C21H30O6. The number of ketones is 1. The number of allylic oxidation sites excluding steroid dienone is 4. The van der Waals surface area contributed by atoms with Gasteiger partial charge in [0, 0.05) is 11.8 Å². The first-order chi connectivity index (χ1) is 12.6. The van der Waals surface area contributed by atoms with Gasteiger partial charge in [0.1, 0.15) is 6.61 Å². The molecule has 27 heavy (non-hydrogen) atoms. The highest BCUT2D eigenvalue weighted by atomic mass is 16.4. The van der Waals surface area contributed by atoms with Crippen LogP contribution in [0.15, 0.2) is 23.5 Å². The van der Waals surface area contributed by atoms with E-state index in [-0.39, 0.29) is 36.0 Å². The van der Waals surface area contributed by atoms with Crippen molar-refractivity contribution in [2.24, 2.45) is 28.6 Å². The molecule has 2 saturated carbocycles. The van der Waals surface area contributed by atoms with Crippen LogP contribution in [0, 0.1) is 28.6 Å². The smallest absolute Gasteiger partial charge is 0.192 e. The van der Waals surface area contributed by atoms with E-state index in [4.69, 9.17) is 0 Å². The fourth-order valence-electron chi connectivity index (χ4n) is 7.08. The number of aliphatic hydroxyl groups is 5. The van der Waals surface area contributed by atoms with Gasteiger partial charge >= 0.3 is 0 Å². The Morgan fingerprint density at radius 3 is 2.67 bits per heavy atom. The molecule has 2 unspecified atom stereocenters. The molecule has 150 valence electrons. The lowest BCUT2D eigenvalue weighted by molar-refractivity contribution is -0.190. The van der Waals surface area contributed by atoms with E-state index in [1.807, 2.05) is 6.08 Å². The van der Waals surface area contributed by atoms with Gasteiger partial charge in [-0.2, -0.15) is 0 Å². The molecule has 0 bridgehead atoms. The summed E-state index contributed by atoms with van der Waals surface area (Å²) in [5.41, 5.74) is -2.24. The number of aliphatic hydroxyl groups excluding tert-OH is 4. The summed E-state index contributed by atoms with van der Waals surface area (Å²) in [7, 11) is 0. The van der Waals surface area contributed by atoms with Crippen molar-refractivity contribution in [2.45, 2.75) is 63.8 Å². The second-order valence-corrected chi connectivity index (χ2v) is 9.53. The molecule has 8 atom stereocenters. The first-order valence-corrected chi connectivity index (χ1v) is 9.92. The SMILES string of the molecule is C[C@]12CCC(O)=CC1=CC[C@@H]1[C@@H]2C(O)C[C@@]2(C)[C@H]1CC(O)[C@]2(O)C(=O)CO. The molecule has 6 nitrogen and oxygen atoms in total. The normalized spacial score (nSPS) is 51.6. The van der Waals surface area contributed by atoms with E-state index >= 15 is 0 Å². The predicted molar refractivity (Wildman–Crippen MR) is 97.6 cm³/mol. The Morgan fingerprint density at radius 2 is 2.00 bits per heavy atom. The Labute approximate surface area is 159 Å². The second kappa shape index (κ2) is 5.89. The van der Waals surface area contributed by atoms with Gasteiger partial charge < -0.3 is 25.5 Å². The molecule has 4 rings (SSSR count). The highest BCUT2D eigenvalue weighted by Gasteiger charge is 2.71. The molecule has 6 heteroatoms. The fourth-order valence-corrected chi connectivity index (χ4v) is 7.08. The average molecular weight is 378 g/mol. The van der Waals surface area contributed by atoms with Crippen LogP contribution in [0.5, 0.6) is 0 Å². The molecular weight excluding hydrogens is 348 g/mol. The van der Waals surface area contributed by atoms with Crippen LogP contribution in [-0.2, 0) is 4.79 Å². The van der Waals surface area contributed by atoms with E-state index in [1.165, 1.54) is 0 Å². The minimum absolute atomic E-state index is 0.0244. The lowest BCUT2D eigenvalue weighted by Gasteiger charge is -2.59. The van der Waals surface area contributed by atoms with Crippen LogP contribution in [0.4, 0.5) is 0 Å². The van der Waals surface area contributed by atoms with Gasteiger partial charge in [0.25, 0.3) is 0 Å². The number of rotatable bonds is 2. The maximum Gasteiger partial charge on any atom is 0.192 e. The van der Waals surface area contributed by atoms with Gasteiger partial charge in [0.15, 0.2) is 11.4 Å². The second-order valence-electron chi connectivity index (χ2n) is 9.53. The lowest BCUT2D eigenvalue weighted by atomic mass is 9.46. The van der Waals surface area contributed by atoms with Crippen LogP contribution >= 0.6 is 0 Å². The van der Waals surface area contributed by atoms with E-state index < -0.39 is 35.6 Å². The van der Waals surface area contributed by atoms with Crippen LogP contribution in [-0.4, -0.2) is 55.7 Å². The molecule has 0 amide bonds. The van der Waals surface area contributed by atoms with Gasteiger partial charge in [0.05, 0.1) is 18.0 Å². The van der Waals surface area contributed by atoms with Crippen molar-refractivity contribution in [1.82, 2.24) is 0 Å². The minimum Gasteiger partial charge on any atom is -0.512 e. The largest absolute Gasteiger partial charge is 0.512 e. The Morgan fingerprint density at radius 1 is 1.30 bits per heavy atom. The third-order valence-corrected chi connectivity index (χ3v) is 8.47. The maximum atomic E-state index is 12.4. The van der Waals surface area contributed by atoms with Crippen molar-refractivity contribution >= 4 is 5.78 Å². The quantitative estimate of drug-likeness (QED) is 0.493. The van der Waals surface area contributed by atoms with E-state index in [1.54, 1.807) is 6.92 Å². The summed E-state index contributed by atoms with van der Waals surface area (Å²) in [6.45, 7) is 3.07. The monoisotopic (exact) mass is 378 g/mol. The van der Waals surface area contributed by atoms with Crippen molar-refractivity contribution in [1.29, 1.82) is 0 Å². The molecule has 4 aliphatic carbocycles. The predicted octanol–water partition coefficient (Wildman–Crippen LogP) is 1.24. The van der Waals surface area contributed by atoms with E-state index in [9.17, 15) is 30.3 Å². The van der Waals surface area contributed by atoms with E-state index in [0.29, 0.717) is 18.6 Å². The Kier molecular flexibility index (Phi) is 4.17. The molecule has 2 fully saturated rings. The van der Waals surface area contributed by atoms with Crippen LogP contribution in [0.1, 0.15) is 46.0 Å².